The molecule has 3 rings (SSSR count). The summed E-state index contributed by atoms with van der Waals surface area (Å²) < 4.78 is 0. The van der Waals surface area contributed by atoms with Crippen molar-refractivity contribution < 1.29 is 14.4 Å². The molecule has 126 valence electrons. The lowest BCUT2D eigenvalue weighted by Gasteiger charge is -2.23. The average Bonchev–Trinajstić information content (AvgIpc) is 3.27. The zero-order chi connectivity index (χ0) is 19.1. The molecule has 9 nitrogen and oxygen atoms in total. The Bertz CT molecular complexity index is 972. The molecule has 9 heteroatoms. The van der Waals surface area contributed by atoms with Crippen molar-refractivity contribution in [3.63, 3.8) is 0 Å². The highest BCUT2D eigenvalue weighted by molar-refractivity contribution is 6.24. The molecule has 4 N–H and O–H groups in total. The van der Waals surface area contributed by atoms with Gasteiger partial charge in [0.15, 0.2) is 5.41 Å². The zero-order valence-electron chi connectivity index (χ0n) is 13.1. The molecule has 0 unspecified atom stereocenters. The number of carbonyl (C=O) groups is 3. The van der Waals surface area contributed by atoms with Gasteiger partial charge in [0.2, 0.25) is 11.8 Å². The number of urea groups is 1. The molecule has 1 spiro atoms. The summed E-state index contributed by atoms with van der Waals surface area (Å²) in [5.41, 5.74) is 1.32. The molecule has 26 heavy (non-hydrogen) atoms. The van der Waals surface area contributed by atoms with Crippen LogP contribution >= 0.6 is 0 Å². The van der Waals surface area contributed by atoms with Gasteiger partial charge in [-0.05, 0) is 5.56 Å². The molecule has 1 aliphatic heterocycles. The Morgan fingerprint density at radius 3 is 2.00 bits per heavy atom. The van der Waals surface area contributed by atoms with E-state index < -0.39 is 45.9 Å². The maximum Gasteiger partial charge on any atom is 0.328 e. The molecule has 1 saturated carbocycles. The van der Waals surface area contributed by atoms with Crippen molar-refractivity contribution in [2.75, 3.05) is 0 Å². The Labute approximate surface area is 147 Å². The van der Waals surface area contributed by atoms with E-state index in [4.69, 9.17) is 16.3 Å². The van der Waals surface area contributed by atoms with E-state index in [-0.39, 0.29) is 0 Å². The van der Waals surface area contributed by atoms with Crippen LogP contribution in [0.1, 0.15) is 11.5 Å². The smallest absolute Gasteiger partial charge is 0.328 e. The molecule has 1 saturated heterocycles. The summed E-state index contributed by atoms with van der Waals surface area (Å²) in [6.45, 7) is 0. The summed E-state index contributed by atoms with van der Waals surface area (Å²) in [5, 5.41) is 32.1. The van der Waals surface area contributed by atoms with E-state index in [1.165, 1.54) is 0 Å². The normalized spacial score (nSPS) is 25.1. The maximum absolute atomic E-state index is 12.7. The second-order valence-corrected chi connectivity index (χ2v) is 5.82. The molecule has 1 heterocycles. The number of barbiturate groups is 1. The van der Waals surface area contributed by atoms with Crippen LogP contribution < -0.4 is 16.4 Å². The highest BCUT2D eigenvalue weighted by Gasteiger charge is 2.88. The van der Waals surface area contributed by atoms with Gasteiger partial charge in [0.25, 0.3) is 0 Å². The van der Waals surface area contributed by atoms with Crippen molar-refractivity contribution in [1.29, 1.82) is 15.8 Å². The number of carbonyl (C=O) groups excluding carboxylic acids is 3. The SMILES string of the molecule is N#CC(C#N)=C(N)[C@]1(C#N)[C@H](c2ccccc2)C12C(=O)NC(=O)NC2=O. The second kappa shape index (κ2) is 5.44. The van der Waals surface area contributed by atoms with Gasteiger partial charge in [-0.2, -0.15) is 15.8 Å². The third-order valence-corrected chi connectivity index (χ3v) is 4.80. The lowest BCUT2D eigenvalue weighted by molar-refractivity contribution is -0.139. The van der Waals surface area contributed by atoms with Crippen LogP contribution in [0.4, 0.5) is 4.79 Å². The second-order valence-electron chi connectivity index (χ2n) is 5.82. The van der Waals surface area contributed by atoms with Crippen LogP contribution in [-0.4, -0.2) is 17.8 Å². The topological polar surface area (TPSA) is 173 Å². The first-order valence-electron chi connectivity index (χ1n) is 7.35. The summed E-state index contributed by atoms with van der Waals surface area (Å²) >= 11 is 0. The Kier molecular flexibility index (Phi) is 3.49. The van der Waals surface area contributed by atoms with E-state index in [0.29, 0.717) is 5.56 Å². The summed E-state index contributed by atoms with van der Waals surface area (Å²) in [5.74, 6) is -3.06. The van der Waals surface area contributed by atoms with Crippen LogP contribution in [0.15, 0.2) is 41.6 Å². The van der Waals surface area contributed by atoms with E-state index in [9.17, 15) is 19.6 Å². The highest BCUT2D eigenvalue weighted by atomic mass is 16.2. The Morgan fingerprint density at radius 2 is 1.54 bits per heavy atom. The van der Waals surface area contributed by atoms with Gasteiger partial charge in [0.05, 0.1) is 11.8 Å². The molecule has 1 aliphatic carbocycles. The summed E-state index contributed by atoms with van der Waals surface area (Å²) in [7, 11) is 0. The number of nitrogens with one attached hydrogen (secondary N) is 2. The molecular formula is C17H10N6O3. The average molecular weight is 346 g/mol. The fraction of sp³-hybridized carbons (Fsp3) is 0.176. The number of hydrogen-bond acceptors (Lipinski definition) is 7. The van der Waals surface area contributed by atoms with Crippen LogP contribution in [0.3, 0.4) is 0 Å². The fourth-order valence-corrected chi connectivity index (χ4v) is 3.70. The Morgan fingerprint density at radius 1 is 1.00 bits per heavy atom. The first-order valence-corrected chi connectivity index (χ1v) is 7.35. The van der Waals surface area contributed by atoms with Gasteiger partial charge in [-0.15, -0.1) is 0 Å². The van der Waals surface area contributed by atoms with Crippen LogP contribution in [0.5, 0.6) is 0 Å². The van der Waals surface area contributed by atoms with Crippen LogP contribution in [-0.2, 0) is 9.59 Å². The lowest BCUT2D eigenvalue weighted by atomic mass is 9.86. The fourth-order valence-electron chi connectivity index (χ4n) is 3.70. The molecule has 1 aromatic carbocycles. The number of nitrogens with zero attached hydrogens (tertiary/aromatic N) is 3. The minimum Gasteiger partial charge on any atom is -0.399 e. The number of hydrogen-bond donors (Lipinski definition) is 3. The van der Waals surface area contributed by atoms with Crippen molar-refractivity contribution in [3.8, 4) is 18.2 Å². The van der Waals surface area contributed by atoms with Gasteiger partial charge in [0.1, 0.15) is 23.1 Å². The first kappa shape index (κ1) is 16.7. The highest BCUT2D eigenvalue weighted by Crippen LogP contribution is 2.77. The standard InChI is InChI=1S/C17H10N6O3/c18-6-10(7-19)12(21)16(8-20)11(9-4-2-1-3-5-9)17(16)13(24)22-15(26)23-14(17)25/h1-5,11H,21H2,(H2,22,23,24,25,26)/t11-,16-/m0/s1. The van der Waals surface area contributed by atoms with Crippen LogP contribution in [0, 0.1) is 44.8 Å². The monoisotopic (exact) mass is 346 g/mol. The van der Waals surface area contributed by atoms with E-state index in [1.54, 1.807) is 42.5 Å². The first-order chi connectivity index (χ1) is 12.4. The number of amides is 4. The number of nitriles is 3. The summed E-state index contributed by atoms with van der Waals surface area (Å²) in [6.07, 6.45) is 0. The summed E-state index contributed by atoms with van der Waals surface area (Å²) in [4.78, 5) is 36.8. The molecule has 1 aromatic rings. The largest absolute Gasteiger partial charge is 0.399 e. The number of rotatable bonds is 2. The Hall–Kier alpha value is -4.16. The zero-order valence-corrected chi connectivity index (χ0v) is 13.1. The molecule has 0 bridgehead atoms. The van der Waals surface area contributed by atoms with E-state index in [2.05, 4.69) is 0 Å². The van der Waals surface area contributed by atoms with Gasteiger partial charge >= 0.3 is 6.03 Å². The molecule has 2 aliphatic rings. The maximum atomic E-state index is 12.7. The van der Waals surface area contributed by atoms with E-state index in [0.717, 1.165) is 0 Å². The van der Waals surface area contributed by atoms with E-state index in [1.807, 2.05) is 16.7 Å². The quantitative estimate of drug-likeness (QED) is 0.495. The molecule has 2 fully saturated rings. The third kappa shape index (κ3) is 1.73. The van der Waals surface area contributed by atoms with Crippen molar-refractivity contribution in [2.45, 2.75) is 5.92 Å². The van der Waals surface area contributed by atoms with Gasteiger partial charge in [0, 0.05) is 5.92 Å². The minimum absolute atomic E-state index is 0.437. The van der Waals surface area contributed by atoms with Crippen molar-refractivity contribution >= 4 is 17.8 Å². The third-order valence-electron chi connectivity index (χ3n) is 4.80. The summed E-state index contributed by atoms with van der Waals surface area (Å²) in [6, 6.07) is 12.2. The van der Waals surface area contributed by atoms with Crippen molar-refractivity contribution in [3.05, 3.63) is 47.2 Å². The van der Waals surface area contributed by atoms with Gasteiger partial charge in [-0.3, -0.25) is 20.2 Å². The predicted molar refractivity (Wildman–Crippen MR) is 83.8 cm³/mol. The van der Waals surface area contributed by atoms with Gasteiger partial charge in [-0.1, -0.05) is 30.3 Å². The van der Waals surface area contributed by atoms with Crippen molar-refractivity contribution in [1.82, 2.24) is 10.6 Å². The van der Waals surface area contributed by atoms with Gasteiger partial charge < -0.3 is 5.73 Å². The molecule has 0 aromatic heterocycles. The number of nitrogens with two attached hydrogens (primary N) is 1. The number of allylic oxidation sites excluding steroid dienone is 2. The van der Waals surface area contributed by atoms with Crippen LogP contribution in [0.25, 0.3) is 0 Å². The molecule has 0 radical (unpaired) electrons. The van der Waals surface area contributed by atoms with E-state index >= 15 is 0 Å². The molecule has 2 atom stereocenters. The Balaban J connectivity index is 2.34. The molecular weight excluding hydrogens is 336 g/mol. The van der Waals surface area contributed by atoms with Crippen molar-refractivity contribution in [2.24, 2.45) is 16.6 Å². The van der Waals surface area contributed by atoms with Crippen LogP contribution in [0.2, 0.25) is 0 Å². The number of benzene rings is 1. The predicted octanol–water partition coefficient (Wildman–Crippen LogP) is -0.0939. The lowest BCUT2D eigenvalue weighted by Crippen LogP contribution is -2.59. The number of imide groups is 2. The minimum atomic E-state index is -2.06. The molecule has 4 amide bonds. The van der Waals surface area contributed by atoms with Gasteiger partial charge in [-0.25, -0.2) is 4.79 Å².